The number of anilines is 3. The highest BCUT2D eigenvalue weighted by Crippen LogP contribution is 2.22. The van der Waals surface area contributed by atoms with Gasteiger partial charge in [-0.1, -0.05) is 11.3 Å². The number of nitrogens with zero attached hydrogens (tertiary/aromatic N) is 4. The van der Waals surface area contributed by atoms with Crippen molar-refractivity contribution in [2.45, 2.75) is 24.0 Å². The quantitative estimate of drug-likeness (QED) is 0.546. The molecule has 10 nitrogen and oxygen atoms in total. The van der Waals surface area contributed by atoms with E-state index in [1.54, 1.807) is 0 Å². The van der Waals surface area contributed by atoms with Gasteiger partial charge in [0.15, 0.2) is 9.34 Å². The number of rotatable bonds is 8. The van der Waals surface area contributed by atoms with Crippen LogP contribution < -0.4 is 20.3 Å². The number of hydrogen-bond donors (Lipinski definition) is 3. The van der Waals surface area contributed by atoms with Crippen LogP contribution in [-0.2, 0) is 14.8 Å². The summed E-state index contributed by atoms with van der Waals surface area (Å²) in [5.41, 5.74) is 0. The Morgan fingerprint density at radius 1 is 1.22 bits per heavy atom. The maximum atomic E-state index is 12.3. The number of nitrogens with one attached hydrogen (secondary N) is 3. The van der Waals surface area contributed by atoms with Gasteiger partial charge in [-0.05, 0) is 12.8 Å². The predicted octanol–water partition coefficient (Wildman–Crippen LogP) is 0.882. The van der Waals surface area contributed by atoms with Gasteiger partial charge in [0.05, 0.1) is 6.20 Å². The van der Waals surface area contributed by atoms with Gasteiger partial charge in [0.2, 0.25) is 5.91 Å². The molecule has 1 aliphatic rings. The van der Waals surface area contributed by atoms with E-state index in [2.05, 4.69) is 35.2 Å². The normalized spacial score (nSPS) is 14.3. The summed E-state index contributed by atoms with van der Waals surface area (Å²) in [5.74, 6) is 1.22. The molecule has 0 aliphatic carbocycles. The summed E-state index contributed by atoms with van der Waals surface area (Å²) in [6, 6.07) is 1.86. The number of sulfonamides is 1. The van der Waals surface area contributed by atoms with Crippen molar-refractivity contribution in [2.75, 3.05) is 41.7 Å². The van der Waals surface area contributed by atoms with Crippen molar-refractivity contribution < 1.29 is 13.2 Å². The molecule has 3 N–H and O–H groups in total. The Bertz CT molecular complexity index is 894. The highest BCUT2D eigenvalue weighted by molar-refractivity contribution is 7.91. The Morgan fingerprint density at radius 2 is 2.00 bits per heavy atom. The molecule has 2 aromatic rings. The van der Waals surface area contributed by atoms with E-state index in [4.69, 9.17) is 0 Å². The van der Waals surface area contributed by atoms with Crippen molar-refractivity contribution in [2.24, 2.45) is 0 Å². The Kier molecular flexibility index (Phi) is 6.19. The first-order valence-electron chi connectivity index (χ1n) is 8.48. The third-order valence-corrected chi connectivity index (χ3v) is 6.67. The molecule has 0 spiro atoms. The minimum absolute atomic E-state index is 0.0459. The molecular weight excluding hydrogens is 390 g/mol. The number of amides is 1. The molecule has 0 radical (unpaired) electrons. The lowest BCUT2D eigenvalue weighted by atomic mass is 10.4. The van der Waals surface area contributed by atoms with E-state index < -0.39 is 10.0 Å². The van der Waals surface area contributed by atoms with Crippen LogP contribution in [0.2, 0.25) is 0 Å². The maximum Gasteiger partial charge on any atom is 0.251 e. The SMILES string of the molecule is CC(=O)Nc1ncc(S(=O)(=O)NCCNc2cc(N3CCCC3)ncn2)s1. The van der Waals surface area contributed by atoms with Gasteiger partial charge in [-0.2, -0.15) is 0 Å². The molecular formula is C15H21N7O3S2. The van der Waals surface area contributed by atoms with Crippen LogP contribution >= 0.6 is 11.3 Å². The number of carbonyl (C=O) groups excluding carboxylic acids is 1. The lowest BCUT2D eigenvalue weighted by molar-refractivity contribution is -0.114. The van der Waals surface area contributed by atoms with Crippen LogP contribution in [0, 0.1) is 0 Å². The second kappa shape index (κ2) is 8.59. The highest BCUT2D eigenvalue weighted by Gasteiger charge is 2.18. The van der Waals surface area contributed by atoms with Gasteiger partial charge in [-0.15, -0.1) is 0 Å². The lowest BCUT2D eigenvalue weighted by Crippen LogP contribution is -2.28. The van der Waals surface area contributed by atoms with E-state index in [0.717, 1.165) is 43.1 Å². The summed E-state index contributed by atoms with van der Waals surface area (Å²) in [5, 5.41) is 5.80. The summed E-state index contributed by atoms with van der Waals surface area (Å²) in [4.78, 5) is 25.5. The summed E-state index contributed by atoms with van der Waals surface area (Å²) >= 11 is 0.899. The standard InChI is InChI=1S/C15H21N7O3S2/c1-11(23)21-15-17-9-14(26-15)27(24,25)20-5-4-16-12-8-13(19-10-18-12)22-6-2-3-7-22/h8-10,20H,2-7H2,1H3,(H,16,18,19)(H,17,21,23). The molecule has 146 valence electrons. The summed E-state index contributed by atoms with van der Waals surface area (Å²) in [7, 11) is -3.68. The minimum atomic E-state index is -3.68. The first kappa shape index (κ1) is 19.5. The van der Waals surface area contributed by atoms with Crippen molar-refractivity contribution in [3.8, 4) is 0 Å². The van der Waals surface area contributed by atoms with Crippen LogP contribution in [-0.4, -0.2) is 55.5 Å². The van der Waals surface area contributed by atoms with E-state index in [-0.39, 0.29) is 21.8 Å². The molecule has 3 rings (SSSR count). The Balaban J connectivity index is 1.50. The maximum absolute atomic E-state index is 12.3. The van der Waals surface area contributed by atoms with Crippen LogP contribution in [0.15, 0.2) is 22.8 Å². The Labute approximate surface area is 161 Å². The van der Waals surface area contributed by atoms with Crippen LogP contribution in [0.4, 0.5) is 16.8 Å². The van der Waals surface area contributed by atoms with Gasteiger partial charge in [-0.3, -0.25) is 4.79 Å². The van der Waals surface area contributed by atoms with Crippen molar-refractivity contribution in [3.63, 3.8) is 0 Å². The topological polar surface area (TPSA) is 129 Å². The molecule has 0 bridgehead atoms. The highest BCUT2D eigenvalue weighted by atomic mass is 32.2. The number of carbonyl (C=O) groups is 1. The molecule has 3 heterocycles. The molecule has 1 saturated heterocycles. The van der Waals surface area contributed by atoms with Crippen LogP contribution in [0.1, 0.15) is 19.8 Å². The van der Waals surface area contributed by atoms with Gasteiger partial charge in [-0.25, -0.2) is 28.1 Å². The van der Waals surface area contributed by atoms with Crippen molar-refractivity contribution in [1.82, 2.24) is 19.7 Å². The van der Waals surface area contributed by atoms with Crippen molar-refractivity contribution in [3.05, 3.63) is 18.6 Å². The fraction of sp³-hybridized carbons (Fsp3) is 0.467. The van der Waals surface area contributed by atoms with E-state index in [9.17, 15) is 13.2 Å². The molecule has 0 saturated carbocycles. The average Bonchev–Trinajstić information content (AvgIpc) is 3.31. The zero-order valence-electron chi connectivity index (χ0n) is 14.8. The monoisotopic (exact) mass is 411 g/mol. The number of aromatic nitrogens is 3. The van der Waals surface area contributed by atoms with Gasteiger partial charge in [0, 0.05) is 39.2 Å². The largest absolute Gasteiger partial charge is 0.369 e. The molecule has 0 aromatic carbocycles. The van der Waals surface area contributed by atoms with Crippen LogP contribution in [0.3, 0.4) is 0 Å². The predicted molar refractivity (Wildman–Crippen MR) is 104 cm³/mol. The summed E-state index contributed by atoms with van der Waals surface area (Å²) < 4.78 is 27.1. The first-order valence-corrected chi connectivity index (χ1v) is 10.8. The molecule has 0 atom stereocenters. The van der Waals surface area contributed by atoms with Crippen LogP contribution in [0.25, 0.3) is 0 Å². The Hall–Kier alpha value is -2.31. The van der Waals surface area contributed by atoms with E-state index in [0.29, 0.717) is 12.4 Å². The second-order valence-corrected chi connectivity index (χ2v) is 8.97. The third-order valence-electron chi connectivity index (χ3n) is 3.84. The molecule has 2 aromatic heterocycles. The first-order chi connectivity index (χ1) is 12.9. The average molecular weight is 412 g/mol. The number of thiazole rings is 1. The minimum Gasteiger partial charge on any atom is -0.369 e. The summed E-state index contributed by atoms with van der Waals surface area (Å²) in [6.07, 6.45) is 5.05. The second-order valence-electron chi connectivity index (χ2n) is 5.95. The molecule has 1 amide bonds. The lowest BCUT2D eigenvalue weighted by Gasteiger charge is -2.16. The fourth-order valence-electron chi connectivity index (χ4n) is 2.60. The van der Waals surface area contributed by atoms with E-state index in [1.807, 2.05) is 6.07 Å². The molecule has 1 fully saturated rings. The molecule has 1 aliphatic heterocycles. The third kappa shape index (κ3) is 5.34. The van der Waals surface area contributed by atoms with Gasteiger partial charge < -0.3 is 15.5 Å². The zero-order valence-corrected chi connectivity index (χ0v) is 16.4. The van der Waals surface area contributed by atoms with Gasteiger partial charge in [0.1, 0.15) is 18.0 Å². The molecule has 27 heavy (non-hydrogen) atoms. The van der Waals surface area contributed by atoms with E-state index in [1.165, 1.54) is 19.4 Å². The van der Waals surface area contributed by atoms with Crippen molar-refractivity contribution in [1.29, 1.82) is 0 Å². The van der Waals surface area contributed by atoms with Gasteiger partial charge in [0.25, 0.3) is 10.0 Å². The van der Waals surface area contributed by atoms with Gasteiger partial charge >= 0.3 is 0 Å². The smallest absolute Gasteiger partial charge is 0.251 e. The van der Waals surface area contributed by atoms with Crippen LogP contribution in [0.5, 0.6) is 0 Å². The summed E-state index contributed by atoms with van der Waals surface area (Å²) in [6.45, 7) is 3.87. The fourth-order valence-corrected chi connectivity index (χ4v) is 4.75. The Morgan fingerprint density at radius 3 is 2.74 bits per heavy atom. The molecule has 12 heteroatoms. The van der Waals surface area contributed by atoms with E-state index >= 15 is 0 Å². The zero-order chi connectivity index (χ0) is 19.3. The number of hydrogen-bond acceptors (Lipinski definition) is 9. The molecule has 0 unspecified atom stereocenters. The van der Waals surface area contributed by atoms with Crippen molar-refractivity contribution >= 4 is 44.0 Å².